The lowest BCUT2D eigenvalue weighted by Gasteiger charge is -2.34. The van der Waals surface area contributed by atoms with Crippen molar-refractivity contribution in [3.05, 3.63) is 69.6 Å². The Morgan fingerprint density at radius 3 is 2.57 bits per heavy atom. The van der Waals surface area contributed by atoms with Gasteiger partial charge < -0.3 is 19.9 Å². The molecule has 35 heavy (non-hydrogen) atoms. The van der Waals surface area contributed by atoms with Crippen LogP contribution in [0.4, 0.5) is 11.5 Å². The highest BCUT2D eigenvalue weighted by atomic mass is 16.5. The number of ether oxygens (including phenoxy) is 1. The van der Waals surface area contributed by atoms with Gasteiger partial charge in [-0.25, -0.2) is 4.98 Å². The van der Waals surface area contributed by atoms with Gasteiger partial charge in [0.1, 0.15) is 28.9 Å². The molecule has 9 heteroatoms. The van der Waals surface area contributed by atoms with Crippen molar-refractivity contribution in [3.63, 3.8) is 0 Å². The van der Waals surface area contributed by atoms with Crippen LogP contribution in [0.25, 0.3) is 11.7 Å². The standard InChI is InChI=1S/C26H28N6O3/c1-4-35-21-9-7-20(8-10-21)28-25(33)19(17-27)16-22-24(31-14-12-30(3)13-15-31)29-23-18(2)6-5-11-32(23)26(22)34/h5-11,16H,4,12-15H2,1-3H3,(H,28,33)/b19-16+. The molecule has 0 saturated carbocycles. The van der Waals surface area contributed by atoms with Crippen LogP contribution in [0.2, 0.25) is 0 Å². The summed E-state index contributed by atoms with van der Waals surface area (Å²) in [6.07, 6.45) is 3.00. The minimum absolute atomic E-state index is 0.180. The quantitative estimate of drug-likeness (QED) is 0.435. The van der Waals surface area contributed by atoms with Crippen molar-refractivity contribution in [2.75, 3.05) is 50.1 Å². The number of anilines is 2. The van der Waals surface area contributed by atoms with Crippen LogP contribution in [0.3, 0.4) is 0 Å². The summed E-state index contributed by atoms with van der Waals surface area (Å²) in [5.74, 6) is 0.567. The van der Waals surface area contributed by atoms with Crippen LogP contribution < -0.4 is 20.5 Å². The van der Waals surface area contributed by atoms with Gasteiger partial charge in [0.2, 0.25) is 0 Å². The number of aromatic nitrogens is 2. The number of pyridine rings is 1. The number of benzene rings is 1. The molecule has 0 spiro atoms. The molecule has 1 saturated heterocycles. The lowest BCUT2D eigenvalue weighted by atomic mass is 10.1. The summed E-state index contributed by atoms with van der Waals surface area (Å²) in [6, 6.07) is 12.5. The van der Waals surface area contributed by atoms with Crippen LogP contribution in [0.5, 0.6) is 5.75 Å². The maximum Gasteiger partial charge on any atom is 0.267 e. The van der Waals surface area contributed by atoms with E-state index in [4.69, 9.17) is 9.72 Å². The Bertz CT molecular complexity index is 1360. The van der Waals surface area contributed by atoms with Gasteiger partial charge in [0.15, 0.2) is 0 Å². The molecule has 1 aliphatic heterocycles. The third-order valence-electron chi connectivity index (χ3n) is 5.94. The summed E-state index contributed by atoms with van der Waals surface area (Å²) in [5.41, 5.74) is 1.65. The Hall–Kier alpha value is -4.16. The van der Waals surface area contributed by atoms with Gasteiger partial charge in [0.05, 0.1) is 12.2 Å². The number of nitrogens with one attached hydrogen (secondary N) is 1. The molecule has 180 valence electrons. The molecule has 0 atom stereocenters. The van der Waals surface area contributed by atoms with E-state index >= 15 is 0 Å². The normalized spacial score (nSPS) is 14.6. The first-order valence-corrected chi connectivity index (χ1v) is 11.5. The average molecular weight is 473 g/mol. The number of fused-ring (bicyclic) bond motifs is 1. The smallest absolute Gasteiger partial charge is 0.267 e. The van der Waals surface area contributed by atoms with E-state index in [9.17, 15) is 14.9 Å². The first kappa shape index (κ1) is 24.0. The molecular weight excluding hydrogens is 444 g/mol. The molecule has 0 radical (unpaired) electrons. The van der Waals surface area contributed by atoms with Crippen LogP contribution in [0.1, 0.15) is 18.1 Å². The third kappa shape index (κ3) is 5.18. The Labute approximate surface area is 203 Å². The van der Waals surface area contributed by atoms with Crippen molar-refractivity contribution in [1.82, 2.24) is 14.3 Å². The Kier molecular flexibility index (Phi) is 7.13. The third-order valence-corrected chi connectivity index (χ3v) is 5.94. The van der Waals surface area contributed by atoms with Crippen LogP contribution in [-0.4, -0.2) is 60.0 Å². The summed E-state index contributed by atoms with van der Waals surface area (Å²) in [5, 5.41) is 12.5. The average Bonchev–Trinajstić information content (AvgIpc) is 2.86. The maximum atomic E-state index is 13.5. The van der Waals surface area contributed by atoms with E-state index in [0.29, 0.717) is 42.6 Å². The summed E-state index contributed by atoms with van der Waals surface area (Å²) in [6.45, 7) is 7.34. The number of nitriles is 1. The lowest BCUT2D eigenvalue weighted by Crippen LogP contribution is -2.45. The fourth-order valence-electron chi connectivity index (χ4n) is 3.98. The Balaban J connectivity index is 1.74. The number of hydrogen-bond donors (Lipinski definition) is 1. The van der Waals surface area contributed by atoms with E-state index < -0.39 is 5.91 Å². The summed E-state index contributed by atoms with van der Waals surface area (Å²) >= 11 is 0. The topological polar surface area (TPSA) is 103 Å². The van der Waals surface area contributed by atoms with Crippen molar-refractivity contribution < 1.29 is 9.53 Å². The molecule has 1 aromatic carbocycles. The van der Waals surface area contributed by atoms with Crippen molar-refractivity contribution >= 4 is 29.1 Å². The molecule has 4 rings (SSSR count). The van der Waals surface area contributed by atoms with E-state index in [-0.39, 0.29) is 16.7 Å². The molecule has 2 aromatic heterocycles. The molecule has 1 fully saturated rings. The Morgan fingerprint density at radius 2 is 1.91 bits per heavy atom. The first-order chi connectivity index (χ1) is 16.9. The number of nitrogens with zero attached hydrogens (tertiary/aromatic N) is 5. The number of aryl methyl sites for hydroxylation is 1. The van der Waals surface area contributed by atoms with Gasteiger partial charge in [-0.05, 0) is 62.9 Å². The van der Waals surface area contributed by atoms with Crippen molar-refractivity contribution in [2.45, 2.75) is 13.8 Å². The van der Waals surface area contributed by atoms with Gasteiger partial charge in [-0.2, -0.15) is 5.26 Å². The maximum absolute atomic E-state index is 13.5. The predicted octanol–water partition coefficient (Wildman–Crippen LogP) is 2.70. The number of hydrogen-bond acceptors (Lipinski definition) is 7. The van der Waals surface area contributed by atoms with Gasteiger partial charge >= 0.3 is 0 Å². The van der Waals surface area contributed by atoms with E-state index in [1.54, 1.807) is 36.5 Å². The van der Waals surface area contributed by atoms with Gasteiger partial charge in [-0.15, -0.1) is 0 Å². The number of rotatable bonds is 6. The molecule has 0 bridgehead atoms. The fraction of sp³-hybridized carbons (Fsp3) is 0.308. The number of likely N-dealkylation sites (N-methyl/N-ethyl adjacent to an activating group) is 1. The number of carbonyl (C=O) groups is 1. The van der Waals surface area contributed by atoms with Crippen LogP contribution in [0.15, 0.2) is 53.0 Å². The number of piperazine rings is 1. The van der Waals surface area contributed by atoms with Crippen molar-refractivity contribution in [3.8, 4) is 11.8 Å². The fourth-order valence-corrected chi connectivity index (χ4v) is 3.98. The summed E-state index contributed by atoms with van der Waals surface area (Å²) in [4.78, 5) is 35.5. The van der Waals surface area contributed by atoms with Gasteiger partial charge in [0.25, 0.3) is 11.5 Å². The van der Waals surface area contributed by atoms with E-state index in [2.05, 4.69) is 10.2 Å². The molecular formula is C26H28N6O3. The van der Waals surface area contributed by atoms with Crippen LogP contribution in [0, 0.1) is 18.3 Å². The minimum Gasteiger partial charge on any atom is -0.494 e. The molecule has 3 aromatic rings. The largest absolute Gasteiger partial charge is 0.494 e. The molecule has 1 aliphatic rings. The van der Waals surface area contributed by atoms with Crippen molar-refractivity contribution in [2.24, 2.45) is 0 Å². The van der Waals surface area contributed by atoms with Gasteiger partial charge in [0, 0.05) is 38.1 Å². The second kappa shape index (κ2) is 10.4. The highest BCUT2D eigenvalue weighted by molar-refractivity contribution is 6.10. The minimum atomic E-state index is -0.602. The number of carbonyl (C=O) groups excluding carboxylic acids is 1. The van der Waals surface area contributed by atoms with E-state index in [0.717, 1.165) is 18.7 Å². The monoisotopic (exact) mass is 472 g/mol. The zero-order valence-electron chi connectivity index (χ0n) is 20.1. The van der Waals surface area contributed by atoms with Gasteiger partial charge in [-0.1, -0.05) is 6.07 Å². The highest BCUT2D eigenvalue weighted by Crippen LogP contribution is 2.22. The molecule has 9 nitrogen and oxygen atoms in total. The molecule has 1 N–H and O–H groups in total. The van der Waals surface area contributed by atoms with Crippen molar-refractivity contribution in [1.29, 1.82) is 5.26 Å². The van der Waals surface area contributed by atoms with Crippen LogP contribution in [-0.2, 0) is 4.79 Å². The summed E-state index contributed by atoms with van der Waals surface area (Å²) in [7, 11) is 2.05. The highest BCUT2D eigenvalue weighted by Gasteiger charge is 2.23. The molecule has 3 heterocycles. The molecule has 0 aliphatic carbocycles. The molecule has 0 unspecified atom stereocenters. The predicted molar refractivity (Wildman–Crippen MR) is 136 cm³/mol. The van der Waals surface area contributed by atoms with E-state index in [1.165, 1.54) is 10.5 Å². The van der Waals surface area contributed by atoms with E-state index in [1.807, 2.05) is 37.9 Å². The number of amides is 1. The first-order valence-electron chi connectivity index (χ1n) is 11.5. The zero-order chi connectivity index (χ0) is 24.9. The zero-order valence-corrected chi connectivity index (χ0v) is 20.1. The summed E-state index contributed by atoms with van der Waals surface area (Å²) < 4.78 is 6.88. The second-order valence-corrected chi connectivity index (χ2v) is 8.41. The van der Waals surface area contributed by atoms with Gasteiger partial charge in [-0.3, -0.25) is 14.0 Å². The second-order valence-electron chi connectivity index (χ2n) is 8.41. The Morgan fingerprint density at radius 1 is 1.20 bits per heavy atom. The van der Waals surface area contributed by atoms with Crippen LogP contribution >= 0.6 is 0 Å². The molecule has 1 amide bonds. The lowest BCUT2D eigenvalue weighted by molar-refractivity contribution is -0.112. The SMILES string of the molecule is CCOc1ccc(NC(=O)/C(C#N)=C/c2c(N3CCN(C)CC3)nc3c(C)cccn3c2=O)cc1.